The van der Waals surface area contributed by atoms with Gasteiger partial charge in [0.05, 0.1) is 12.8 Å². The third-order valence-electron chi connectivity index (χ3n) is 4.98. The maximum absolute atomic E-state index is 5.90. The molecule has 1 aromatic carbocycles. The molecule has 0 amide bonds. The topological polar surface area (TPSA) is 45.0 Å². The monoisotopic (exact) mass is 320 g/mol. The minimum absolute atomic E-state index is 0.668. The van der Waals surface area contributed by atoms with E-state index in [2.05, 4.69) is 41.8 Å². The highest BCUT2D eigenvalue weighted by Gasteiger charge is 2.21. The number of hydrogen-bond acceptors (Lipinski definition) is 5. The number of nitrogens with zero attached hydrogens (tertiary/aromatic N) is 3. The number of rotatable bonds is 7. The lowest BCUT2D eigenvalue weighted by Crippen LogP contribution is -2.49. The predicted molar refractivity (Wildman–Crippen MR) is 98.4 cm³/mol. The molecule has 23 heavy (non-hydrogen) atoms. The zero-order chi connectivity index (χ0) is 16.8. The van der Waals surface area contributed by atoms with Crippen LogP contribution in [0.5, 0.6) is 5.75 Å². The van der Waals surface area contributed by atoms with Crippen LogP contribution in [0.1, 0.15) is 19.8 Å². The standard InChI is InChI=1S/C18H32N4O/c1-5-15(22-12-10-20(2)11-13-22)8-9-21(3)16-6-7-17(19)18(14-16)23-4/h6-7,14-15H,5,8-13,19H2,1-4H3. The second-order valence-corrected chi connectivity index (χ2v) is 6.54. The number of piperazine rings is 1. The van der Waals surface area contributed by atoms with Crippen LogP contribution in [0.2, 0.25) is 0 Å². The molecule has 0 spiro atoms. The minimum Gasteiger partial charge on any atom is -0.495 e. The van der Waals surface area contributed by atoms with Gasteiger partial charge < -0.3 is 20.3 Å². The highest BCUT2D eigenvalue weighted by atomic mass is 16.5. The first-order valence-corrected chi connectivity index (χ1v) is 8.62. The number of nitrogen functional groups attached to an aromatic ring is 1. The summed E-state index contributed by atoms with van der Waals surface area (Å²) in [4.78, 5) is 7.36. The third-order valence-corrected chi connectivity index (χ3v) is 4.98. The van der Waals surface area contributed by atoms with Crippen LogP contribution in [0.4, 0.5) is 11.4 Å². The van der Waals surface area contributed by atoms with Gasteiger partial charge in [0.15, 0.2) is 0 Å². The zero-order valence-corrected chi connectivity index (χ0v) is 15.1. The maximum Gasteiger partial charge on any atom is 0.143 e. The fourth-order valence-corrected chi connectivity index (χ4v) is 3.24. The lowest BCUT2D eigenvalue weighted by molar-refractivity contribution is 0.105. The van der Waals surface area contributed by atoms with E-state index < -0.39 is 0 Å². The normalized spacial score (nSPS) is 17.9. The molecule has 1 aromatic rings. The van der Waals surface area contributed by atoms with Gasteiger partial charge in [0.25, 0.3) is 0 Å². The van der Waals surface area contributed by atoms with Crippen molar-refractivity contribution in [2.75, 3.05) is 64.6 Å². The van der Waals surface area contributed by atoms with Gasteiger partial charge in [-0.3, -0.25) is 4.90 Å². The molecule has 0 aromatic heterocycles. The van der Waals surface area contributed by atoms with Crippen molar-refractivity contribution in [3.63, 3.8) is 0 Å². The van der Waals surface area contributed by atoms with Crippen LogP contribution < -0.4 is 15.4 Å². The van der Waals surface area contributed by atoms with Crippen molar-refractivity contribution in [1.82, 2.24) is 9.80 Å². The molecular formula is C18H32N4O. The average Bonchev–Trinajstić information content (AvgIpc) is 2.57. The molecule has 1 unspecified atom stereocenters. The van der Waals surface area contributed by atoms with E-state index in [0.717, 1.165) is 18.0 Å². The zero-order valence-electron chi connectivity index (χ0n) is 15.1. The molecule has 5 nitrogen and oxygen atoms in total. The van der Waals surface area contributed by atoms with E-state index in [1.165, 1.54) is 39.0 Å². The SMILES string of the molecule is CCC(CCN(C)c1ccc(N)c(OC)c1)N1CCN(C)CC1. The second-order valence-electron chi connectivity index (χ2n) is 6.54. The molecule has 0 bridgehead atoms. The van der Waals surface area contributed by atoms with Crippen molar-refractivity contribution < 1.29 is 4.74 Å². The lowest BCUT2D eigenvalue weighted by atomic mass is 10.1. The van der Waals surface area contributed by atoms with E-state index in [4.69, 9.17) is 10.5 Å². The van der Waals surface area contributed by atoms with Crippen molar-refractivity contribution in [1.29, 1.82) is 0 Å². The van der Waals surface area contributed by atoms with Crippen LogP contribution >= 0.6 is 0 Å². The fourth-order valence-electron chi connectivity index (χ4n) is 3.24. The molecule has 1 aliphatic rings. The molecule has 2 N–H and O–H groups in total. The summed E-state index contributed by atoms with van der Waals surface area (Å²) in [6, 6.07) is 6.67. The predicted octanol–water partition coefficient (Wildman–Crippen LogP) is 2.13. The van der Waals surface area contributed by atoms with Crippen molar-refractivity contribution >= 4 is 11.4 Å². The number of ether oxygens (including phenoxy) is 1. The van der Waals surface area contributed by atoms with Gasteiger partial charge >= 0.3 is 0 Å². The van der Waals surface area contributed by atoms with Gasteiger partial charge in [0.1, 0.15) is 5.75 Å². The van der Waals surface area contributed by atoms with Gasteiger partial charge in [-0.15, -0.1) is 0 Å². The van der Waals surface area contributed by atoms with E-state index in [9.17, 15) is 0 Å². The number of anilines is 2. The van der Waals surface area contributed by atoms with Gasteiger partial charge in [-0.25, -0.2) is 0 Å². The summed E-state index contributed by atoms with van der Waals surface area (Å²) >= 11 is 0. The van der Waals surface area contributed by atoms with E-state index in [1.54, 1.807) is 7.11 Å². The highest BCUT2D eigenvalue weighted by molar-refractivity contribution is 5.62. The minimum atomic E-state index is 0.668. The van der Waals surface area contributed by atoms with Gasteiger partial charge in [-0.1, -0.05) is 6.92 Å². The van der Waals surface area contributed by atoms with E-state index in [1.807, 2.05) is 12.1 Å². The van der Waals surface area contributed by atoms with Crippen LogP contribution in [0.25, 0.3) is 0 Å². The number of methoxy groups -OCH3 is 1. The van der Waals surface area contributed by atoms with Gasteiger partial charge in [-0.2, -0.15) is 0 Å². The van der Waals surface area contributed by atoms with Crippen molar-refractivity contribution in [2.45, 2.75) is 25.8 Å². The molecule has 1 atom stereocenters. The summed E-state index contributed by atoms with van der Waals surface area (Å²) in [5.41, 5.74) is 7.74. The molecule has 1 aliphatic heterocycles. The Morgan fingerprint density at radius 1 is 1.26 bits per heavy atom. The Hall–Kier alpha value is -1.46. The quantitative estimate of drug-likeness (QED) is 0.780. The van der Waals surface area contributed by atoms with Crippen LogP contribution in [0, 0.1) is 0 Å². The highest BCUT2D eigenvalue weighted by Crippen LogP contribution is 2.27. The number of likely N-dealkylation sites (N-methyl/N-ethyl adjacent to an activating group) is 1. The molecule has 5 heteroatoms. The Labute approximate surface area is 141 Å². The third kappa shape index (κ3) is 4.75. The Kier molecular flexibility index (Phi) is 6.54. The van der Waals surface area contributed by atoms with E-state index in [0.29, 0.717) is 11.7 Å². The van der Waals surface area contributed by atoms with Crippen molar-refractivity contribution in [3.8, 4) is 5.75 Å². The summed E-state index contributed by atoms with van der Waals surface area (Å²) in [7, 11) is 6.01. The summed E-state index contributed by atoms with van der Waals surface area (Å²) in [6.45, 7) is 8.08. The van der Waals surface area contributed by atoms with Gasteiger partial charge in [0.2, 0.25) is 0 Å². The smallest absolute Gasteiger partial charge is 0.143 e. The molecule has 130 valence electrons. The average molecular weight is 320 g/mol. The number of nitrogens with two attached hydrogens (primary N) is 1. The molecule has 1 heterocycles. The maximum atomic E-state index is 5.90. The van der Waals surface area contributed by atoms with E-state index >= 15 is 0 Å². The van der Waals surface area contributed by atoms with E-state index in [-0.39, 0.29) is 0 Å². The summed E-state index contributed by atoms with van der Waals surface area (Å²) in [5.74, 6) is 0.750. The van der Waals surface area contributed by atoms with Crippen LogP contribution in [0.15, 0.2) is 18.2 Å². The fraction of sp³-hybridized carbons (Fsp3) is 0.667. The summed E-state index contributed by atoms with van der Waals surface area (Å²) < 4.78 is 5.32. The van der Waals surface area contributed by atoms with Crippen molar-refractivity contribution in [3.05, 3.63) is 18.2 Å². The Bertz CT molecular complexity index is 486. The summed E-state index contributed by atoms with van der Waals surface area (Å²) in [5, 5.41) is 0. The molecule has 0 aliphatic carbocycles. The second kappa shape index (κ2) is 8.41. The largest absolute Gasteiger partial charge is 0.495 e. The first-order valence-electron chi connectivity index (χ1n) is 8.62. The first-order chi connectivity index (χ1) is 11.0. The van der Waals surface area contributed by atoms with Gasteiger partial charge in [-0.05, 0) is 32.0 Å². The van der Waals surface area contributed by atoms with Crippen LogP contribution in [-0.2, 0) is 0 Å². The Balaban J connectivity index is 1.90. The molecule has 0 radical (unpaired) electrons. The Morgan fingerprint density at radius 3 is 2.57 bits per heavy atom. The number of benzene rings is 1. The van der Waals surface area contributed by atoms with Crippen molar-refractivity contribution in [2.24, 2.45) is 0 Å². The molecule has 1 fully saturated rings. The first kappa shape index (κ1) is 17.9. The summed E-state index contributed by atoms with van der Waals surface area (Å²) in [6.07, 6.45) is 2.39. The van der Waals surface area contributed by atoms with Crippen LogP contribution in [-0.4, -0.2) is 69.8 Å². The molecular weight excluding hydrogens is 288 g/mol. The molecule has 2 rings (SSSR count). The Morgan fingerprint density at radius 2 is 1.96 bits per heavy atom. The lowest BCUT2D eigenvalue weighted by Gasteiger charge is -2.38. The molecule has 1 saturated heterocycles. The number of hydrogen-bond donors (Lipinski definition) is 1. The van der Waals surface area contributed by atoms with Gasteiger partial charge in [0, 0.05) is 57.6 Å². The van der Waals surface area contributed by atoms with Crippen LogP contribution in [0.3, 0.4) is 0 Å². The molecule has 0 saturated carbocycles.